The predicted molar refractivity (Wildman–Crippen MR) is 66.5 cm³/mol. The second-order valence-corrected chi connectivity index (χ2v) is 4.26. The predicted octanol–water partition coefficient (Wildman–Crippen LogP) is 1.98. The van der Waals surface area contributed by atoms with Crippen LogP contribution in [-0.4, -0.2) is 34.4 Å². The Hall–Kier alpha value is -1.82. The van der Waals surface area contributed by atoms with Gasteiger partial charge in [-0.05, 0) is 29.5 Å². The first kappa shape index (κ1) is 12.6. The molecule has 0 bridgehead atoms. The summed E-state index contributed by atoms with van der Waals surface area (Å²) in [5.74, 6) is 1.87. The van der Waals surface area contributed by atoms with Crippen molar-refractivity contribution in [1.29, 1.82) is 0 Å². The Morgan fingerprint density at radius 3 is 2.67 bits per heavy atom. The molecule has 1 aromatic heterocycles. The van der Waals surface area contributed by atoms with Crippen molar-refractivity contribution in [2.75, 3.05) is 14.2 Å². The summed E-state index contributed by atoms with van der Waals surface area (Å²) in [6, 6.07) is 5.39. The zero-order valence-electron chi connectivity index (χ0n) is 10.3. The van der Waals surface area contributed by atoms with Crippen LogP contribution in [0.5, 0.6) is 11.5 Å². The van der Waals surface area contributed by atoms with Gasteiger partial charge in [0.2, 0.25) is 0 Å². The molecule has 7 heteroatoms. The van der Waals surface area contributed by atoms with E-state index in [0.29, 0.717) is 23.0 Å². The van der Waals surface area contributed by atoms with E-state index in [1.807, 2.05) is 12.1 Å². The van der Waals surface area contributed by atoms with Crippen molar-refractivity contribution in [3.8, 4) is 17.2 Å². The lowest BCUT2D eigenvalue weighted by Gasteiger charge is -2.11. The molecule has 6 nitrogen and oxygen atoms in total. The van der Waals surface area contributed by atoms with Crippen LogP contribution in [0.15, 0.2) is 18.2 Å². The summed E-state index contributed by atoms with van der Waals surface area (Å²) in [5.41, 5.74) is 0.714. The SMILES string of the molecule is COc1ccc(-n2nnnc2C(C)Cl)c(OC)c1. The van der Waals surface area contributed by atoms with Crippen LogP contribution < -0.4 is 9.47 Å². The summed E-state index contributed by atoms with van der Waals surface area (Å²) in [5, 5.41) is 11.1. The smallest absolute Gasteiger partial charge is 0.174 e. The van der Waals surface area contributed by atoms with Gasteiger partial charge in [-0.1, -0.05) is 0 Å². The van der Waals surface area contributed by atoms with Crippen LogP contribution in [-0.2, 0) is 0 Å². The van der Waals surface area contributed by atoms with Crippen molar-refractivity contribution in [3.63, 3.8) is 0 Å². The van der Waals surface area contributed by atoms with E-state index in [1.165, 1.54) is 0 Å². The Balaban J connectivity index is 2.53. The lowest BCUT2D eigenvalue weighted by atomic mass is 10.2. The van der Waals surface area contributed by atoms with Crippen LogP contribution in [0.4, 0.5) is 0 Å². The van der Waals surface area contributed by atoms with Gasteiger partial charge in [0.05, 0.1) is 19.6 Å². The third-order valence-electron chi connectivity index (χ3n) is 2.46. The molecule has 0 fully saturated rings. The fourth-order valence-electron chi connectivity index (χ4n) is 1.57. The minimum absolute atomic E-state index is 0.299. The van der Waals surface area contributed by atoms with Gasteiger partial charge in [-0.3, -0.25) is 0 Å². The van der Waals surface area contributed by atoms with Gasteiger partial charge in [-0.2, -0.15) is 4.68 Å². The highest BCUT2D eigenvalue weighted by atomic mass is 35.5. The maximum atomic E-state index is 6.02. The maximum absolute atomic E-state index is 6.02. The summed E-state index contributed by atoms with van der Waals surface area (Å²) < 4.78 is 12.0. The van der Waals surface area contributed by atoms with Crippen molar-refractivity contribution < 1.29 is 9.47 Å². The number of benzene rings is 1. The van der Waals surface area contributed by atoms with E-state index in [2.05, 4.69) is 15.5 Å². The van der Waals surface area contributed by atoms with Gasteiger partial charge >= 0.3 is 0 Å². The second kappa shape index (κ2) is 5.22. The Morgan fingerprint density at radius 2 is 2.06 bits per heavy atom. The van der Waals surface area contributed by atoms with Crippen molar-refractivity contribution >= 4 is 11.6 Å². The Morgan fingerprint density at radius 1 is 1.28 bits per heavy atom. The molecule has 1 heterocycles. The number of halogens is 1. The van der Waals surface area contributed by atoms with Gasteiger partial charge < -0.3 is 9.47 Å². The highest BCUT2D eigenvalue weighted by Gasteiger charge is 2.16. The topological polar surface area (TPSA) is 62.1 Å². The molecule has 0 amide bonds. The number of aromatic nitrogens is 4. The van der Waals surface area contributed by atoms with Crippen molar-refractivity contribution in [2.24, 2.45) is 0 Å². The molecule has 0 saturated carbocycles. The zero-order valence-corrected chi connectivity index (χ0v) is 11.0. The van der Waals surface area contributed by atoms with E-state index in [9.17, 15) is 0 Å². The number of ether oxygens (including phenoxy) is 2. The second-order valence-electron chi connectivity index (χ2n) is 3.60. The number of hydrogen-bond acceptors (Lipinski definition) is 5. The Bertz CT molecular complexity index is 542. The van der Waals surface area contributed by atoms with Crippen LogP contribution in [0.25, 0.3) is 5.69 Å². The molecule has 1 aromatic carbocycles. The molecule has 0 aliphatic carbocycles. The van der Waals surface area contributed by atoms with Crippen LogP contribution in [0.1, 0.15) is 18.1 Å². The first-order chi connectivity index (χ1) is 8.67. The monoisotopic (exact) mass is 268 g/mol. The van der Waals surface area contributed by atoms with Crippen LogP contribution >= 0.6 is 11.6 Å². The molecule has 1 atom stereocenters. The fourth-order valence-corrected chi connectivity index (χ4v) is 1.71. The van der Waals surface area contributed by atoms with Gasteiger partial charge in [0.25, 0.3) is 0 Å². The number of nitrogens with zero attached hydrogens (tertiary/aromatic N) is 4. The summed E-state index contributed by atoms with van der Waals surface area (Å²) in [7, 11) is 3.17. The molecular formula is C11H13ClN4O2. The lowest BCUT2D eigenvalue weighted by Crippen LogP contribution is -2.05. The van der Waals surface area contributed by atoms with Gasteiger partial charge in [-0.15, -0.1) is 16.7 Å². The Labute approximate surface area is 109 Å². The maximum Gasteiger partial charge on any atom is 0.174 e. The van der Waals surface area contributed by atoms with E-state index in [-0.39, 0.29) is 5.38 Å². The van der Waals surface area contributed by atoms with Crippen LogP contribution in [0.3, 0.4) is 0 Å². The molecule has 0 saturated heterocycles. The van der Waals surface area contributed by atoms with Crippen LogP contribution in [0, 0.1) is 0 Å². The molecule has 2 aromatic rings. The summed E-state index contributed by atoms with van der Waals surface area (Å²) in [6.45, 7) is 1.81. The summed E-state index contributed by atoms with van der Waals surface area (Å²) in [6.07, 6.45) is 0. The zero-order chi connectivity index (χ0) is 13.1. The van der Waals surface area contributed by atoms with E-state index in [1.54, 1.807) is 31.9 Å². The minimum atomic E-state index is -0.299. The third kappa shape index (κ3) is 2.24. The van der Waals surface area contributed by atoms with Gasteiger partial charge in [-0.25, -0.2) is 0 Å². The van der Waals surface area contributed by atoms with E-state index in [0.717, 1.165) is 0 Å². The highest BCUT2D eigenvalue weighted by Crippen LogP contribution is 2.29. The van der Waals surface area contributed by atoms with Crippen LogP contribution in [0.2, 0.25) is 0 Å². The number of methoxy groups -OCH3 is 2. The minimum Gasteiger partial charge on any atom is -0.497 e. The van der Waals surface area contributed by atoms with Gasteiger partial charge in [0.1, 0.15) is 17.2 Å². The number of rotatable bonds is 4. The molecule has 0 spiro atoms. The molecule has 0 N–H and O–H groups in total. The average molecular weight is 269 g/mol. The summed E-state index contributed by atoms with van der Waals surface area (Å²) in [4.78, 5) is 0. The molecule has 0 radical (unpaired) electrons. The lowest BCUT2D eigenvalue weighted by molar-refractivity contribution is 0.392. The third-order valence-corrected chi connectivity index (χ3v) is 2.66. The van der Waals surface area contributed by atoms with E-state index in [4.69, 9.17) is 21.1 Å². The molecule has 1 unspecified atom stereocenters. The molecule has 0 aliphatic heterocycles. The molecule has 96 valence electrons. The van der Waals surface area contributed by atoms with Gasteiger partial charge in [0, 0.05) is 6.07 Å². The standard InChI is InChI=1S/C11H13ClN4O2/c1-7(12)11-13-14-15-16(11)9-5-4-8(17-2)6-10(9)18-3/h4-7H,1-3H3. The quantitative estimate of drug-likeness (QED) is 0.794. The van der Waals surface area contributed by atoms with Gasteiger partial charge in [0.15, 0.2) is 5.82 Å². The first-order valence-electron chi connectivity index (χ1n) is 5.32. The normalized spacial score (nSPS) is 12.2. The molecule has 2 rings (SSSR count). The Kier molecular flexibility index (Phi) is 3.66. The number of tetrazole rings is 1. The number of hydrogen-bond donors (Lipinski definition) is 0. The van der Waals surface area contributed by atoms with E-state index >= 15 is 0 Å². The van der Waals surface area contributed by atoms with Crippen molar-refractivity contribution in [2.45, 2.75) is 12.3 Å². The first-order valence-corrected chi connectivity index (χ1v) is 5.75. The molecular weight excluding hydrogens is 256 g/mol. The fraction of sp³-hybridized carbons (Fsp3) is 0.364. The average Bonchev–Trinajstić information content (AvgIpc) is 2.87. The largest absolute Gasteiger partial charge is 0.497 e. The van der Waals surface area contributed by atoms with E-state index < -0.39 is 0 Å². The number of alkyl halides is 1. The van der Waals surface area contributed by atoms with Crippen molar-refractivity contribution in [1.82, 2.24) is 20.2 Å². The summed E-state index contributed by atoms with van der Waals surface area (Å²) >= 11 is 6.02. The molecule has 18 heavy (non-hydrogen) atoms. The molecule has 0 aliphatic rings. The highest BCUT2D eigenvalue weighted by molar-refractivity contribution is 6.20. The van der Waals surface area contributed by atoms with Crippen molar-refractivity contribution in [3.05, 3.63) is 24.0 Å².